The quantitative estimate of drug-likeness (QED) is 0.816. The van der Waals surface area contributed by atoms with Gasteiger partial charge in [0, 0.05) is 23.6 Å². The maximum atomic E-state index is 11.1. The summed E-state index contributed by atoms with van der Waals surface area (Å²) in [6, 6.07) is 7.92. The van der Waals surface area contributed by atoms with Gasteiger partial charge >= 0.3 is 0 Å². The van der Waals surface area contributed by atoms with Crippen molar-refractivity contribution in [1.82, 2.24) is 9.71 Å². The second-order valence-corrected chi connectivity index (χ2v) is 6.12. The van der Waals surface area contributed by atoms with E-state index < -0.39 is 15.2 Å². The highest BCUT2D eigenvalue weighted by atomic mass is 35.5. The summed E-state index contributed by atoms with van der Waals surface area (Å²) in [5.74, 6) is 0. The molecule has 0 aliphatic rings. The highest BCUT2D eigenvalue weighted by molar-refractivity contribution is 7.90. The van der Waals surface area contributed by atoms with E-state index >= 15 is 0 Å². The Morgan fingerprint density at radius 2 is 2.06 bits per heavy atom. The van der Waals surface area contributed by atoms with E-state index in [1.54, 1.807) is 0 Å². The molecule has 0 aliphatic heterocycles. The van der Waals surface area contributed by atoms with Gasteiger partial charge in [-0.15, -0.1) is 11.6 Å². The van der Waals surface area contributed by atoms with Gasteiger partial charge in [0.05, 0.1) is 0 Å². The molecule has 2 N–H and O–H groups in total. The summed E-state index contributed by atoms with van der Waals surface area (Å²) in [6.07, 6.45) is 2.54. The lowest BCUT2D eigenvalue weighted by Gasteiger charge is -2.02. The van der Waals surface area contributed by atoms with Gasteiger partial charge in [0.2, 0.25) is 10.0 Å². The Balaban J connectivity index is 2.05. The molecule has 4 nitrogen and oxygen atoms in total. The third-order valence-corrected chi connectivity index (χ3v) is 4.33. The van der Waals surface area contributed by atoms with E-state index in [9.17, 15) is 8.42 Å². The summed E-state index contributed by atoms with van der Waals surface area (Å²) in [4.78, 5) is 3.15. The molecule has 0 atom stereocenters. The minimum atomic E-state index is -3.32. The van der Waals surface area contributed by atoms with E-state index in [0.717, 1.165) is 16.5 Å². The highest BCUT2D eigenvalue weighted by Gasteiger charge is 2.08. The molecular formula is C11H13ClN2O2S. The average molecular weight is 273 g/mol. The Labute approximate surface area is 105 Å². The zero-order valence-electron chi connectivity index (χ0n) is 9.11. The van der Waals surface area contributed by atoms with Crippen LogP contribution >= 0.6 is 11.6 Å². The normalized spacial score (nSPS) is 12.1. The Hall–Kier alpha value is -1.04. The number of sulfonamides is 1. The molecule has 0 amide bonds. The van der Waals surface area contributed by atoms with E-state index in [1.165, 1.54) is 0 Å². The molecule has 0 fully saturated rings. The van der Waals surface area contributed by atoms with Crippen molar-refractivity contribution in [1.29, 1.82) is 0 Å². The number of para-hydroxylation sites is 1. The standard InChI is InChI=1S/C11H13ClN2O2S/c12-8-17(15,16)14-6-5-9-7-13-11-4-2-1-3-10(9)11/h1-4,7,13-14H,5-6,8H2. The van der Waals surface area contributed by atoms with Crippen molar-refractivity contribution < 1.29 is 8.42 Å². The molecule has 0 aliphatic carbocycles. The third kappa shape index (κ3) is 3.00. The van der Waals surface area contributed by atoms with Crippen molar-refractivity contribution >= 4 is 32.5 Å². The molecule has 92 valence electrons. The zero-order valence-corrected chi connectivity index (χ0v) is 10.7. The summed E-state index contributed by atoms with van der Waals surface area (Å²) in [7, 11) is -3.32. The molecule has 1 heterocycles. The van der Waals surface area contributed by atoms with Crippen LogP contribution in [0.4, 0.5) is 0 Å². The van der Waals surface area contributed by atoms with Crippen LogP contribution in [0.1, 0.15) is 5.56 Å². The van der Waals surface area contributed by atoms with Crippen LogP contribution < -0.4 is 4.72 Å². The maximum Gasteiger partial charge on any atom is 0.225 e. The summed E-state index contributed by atoms with van der Waals surface area (Å²) in [5.41, 5.74) is 2.15. The van der Waals surface area contributed by atoms with Crippen molar-refractivity contribution in [2.24, 2.45) is 0 Å². The average Bonchev–Trinajstić information content (AvgIpc) is 2.73. The van der Waals surface area contributed by atoms with Gasteiger partial charge in [0.1, 0.15) is 5.21 Å². The lowest BCUT2D eigenvalue weighted by Crippen LogP contribution is -2.26. The predicted octanol–water partition coefficient (Wildman–Crippen LogP) is 1.83. The van der Waals surface area contributed by atoms with Crippen molar-refractivity contribution in [3.63, 3.8) is 0 Å². The molecule has 0 saturated carbocycles. The van der Waals surface area contributed by atoms with Crippen LogP contribution in [0.2, 0.25) is 0 Å². The summed E-state index contributed by atoms with van der Waals surface area (Å²) >= 11 is 5.29. The molecule has 0 radical (unpaired) electrons. The van der Waals surface area contributed by atoms with Crippen LogP contribution in [0.3, 0.4) is 0 Å². The fourth-order valence-electron chi connectivity index (χ4n) is 1.72. The Morgan fingerprint density at radius 1 is 1.29 bits per heavy atom. The van der Waals surface area contributed by atoms with Gasteiger partial charge < -0.3 is 4.98 Å². The first-order valence-corrected chi connectivity index (χ1v) is 7.39. The fraction of sp³-hybridized carbons (Fsp3) is 0.273. The van der Waals surface area contributed by atoms with Crippen molar-refractivity contribution in [3.05, 3.63) is 36.0 Å². The summed E-state index contributed by atoms with van der Waals surface area (Å²) in [5, 5.41) is 0.721. The molecule has 0 bridgehead atoms. The number of rotatable bonds is 5. The van der Waals surface area contributed by atoms with Crippen LogP contribution in [0.25, 0.3) is 10.9 Å². The van der Waals surface area contributed by atoms with Gasteiger partial charge in [-0.2, -0.15) is 0 Å². The first kappa shape index (κ1) is 12.4. The molecule has 1 aromatic carbocycles. The first-order chi connectivity index (χ1) is 8.12. The SMILES string of the molecule is O=S(=O)(CCl)NCCc1c[nH]c2ccccc12. The molecule has 0 spiro atoms. The summed E-state index contributed by atoms with van der Waals surface area (Å²) < 4.78 is 24.7. The van der Waals surface area contributed by atoms with Gasteiger partial charge in [0.25, 0.3) is 0 Å². The summed E-state index contributed by atoms with van der Waals surface area (Å²) in [6.45, 7) is 0.358. The molecule has 2 rings (SSSR count). The van der Waals surface area contributed by atoms with Gasteiger partial charge in [-0.3, -0.25) is 0 Å². The second kappa shape index (κ2) is 5.08. The fourth-order valence-corrected chi connectivity index (χ4v) is 2.44. The van der Waals surface area contributed by atoms with Crippen LogP contribution in [-0.2, 0) is 16.4 Å². The number of alkyl halides is 1. The number of benzene rings is 1. The van der Waals surface area contributed by atoms with Crippen LogP contribution in [-0.4, -0.2) is 25.2 Å². The second-order valence-electron chi connectivity index (χ2n) is 3.73. The molecule has 17 heavy (non-hydrogen) atoms. The van der Waals surface area contributed by atoms with Crippen LogP contribution in [0.15, 0.2) is 30.5 Å². The van der Waals surface area contributed by atoms with Gasteiger partial charge in [0.15, 0.2) is 0 Å². The minimum absolute atomic E-state index is 0.358. The van der Waals surface area contributed by atoms with E-state index in [1.807, 2.05) is 30.5 Å². The number of H-pyrrole nitrogens is 1. The van der Waals surface area contributed by atoms with Crippen molar-refractivity contribution in [2.75, 3.05) is 11.8 Å². The highest BCUT2D eigenvalue weighted by Crippen LogP contribution is 2.17. The number of fused-ring (bicyclic) bond motifs is 1. The molecule has 0 unspecified atom stereocenters. The number of halogens is 1. The third-order valence-electron chi connectivity index (χ3n) is 2.53. The predicted molar refractivity (Wildman–Crippen MR) is 69.6 cm³/mol. The van der Waals surface area contributed by atoms with Gasteiger partial charge in [-0.05, 0) is 18.1 Å². The Morgan fingerprint density at radius 3 is 2.82 bits per heavy atom. The number of aromatic nitrogens is 1. The molecule has 2 aromatic rings. The monoisotopic (exact) mass is 272 g/mol. The van der Waals surface area contributed by atoms with Gasteiger partial charge in [-0.1, -0.05) is 18.2 Å². The van der Waals surface area contributed by atoms with Crippen LogP contribution in [0, 0.1) is 0 Å². The largest absolute Gasteiger partial charge is 0.361 e. The first-order valence-electron chi connectivity index (χ1n) is 5.21. The van der Waals surface area contributed by atoms with Crippen molar-refractivity contribution in [2.45, 2.75) is 6.42 Å². The van der Waals surface area contributed by atoms with E-state index in [4.69, 9.17) is 11.6 Å². The Kier molecular flexibility index (Phi) is 3.71. The molecule has 0 saturated heterocycles. The molecule has 6 heteroatoms. The number of aromatic amines is 1. The van der Waals surface area contributed by atoms with Gasteiger partial charge in [-0.25, -0.2) is 13.1 Å². The maximum absolute atomic E-state index is 11.1. The van der Waals surface area contributed by atoms with Crippen LogP contribution in [0.5, 0.6) is 0 Å². The van der Waals surface area contributed by atoms with Crippen molar-refractivity contribution in [3.8, 4) is 0 Å². The lowest BCUT2D eigenvalue weighted by atomic mass is 10.1. The van der Waals surface area contributed by atoms with E-state index in [2.05, 4.69) is 9.71 Å². The number of hydrogen-bond acceptors (Lipinski definition) is 2. The molecular weight excluding hydrogens is 260 g/mol. The van der Waals surface area contributed by atoms with E-state index in [0.29, 0.717) is 13.0 Å². The molecule has 1 aromatic heterocycles. The topological polar surface area (TPSA) is 62.0 Å². The minimum Gasteiger partial charge on any atom is -0.361 e. The number of nitrogens with one attached hydrogen (secondary N) is 2. The number of hydrogen-bond donors (Lipinski definition) is 2. The smallest absolute Gasteiger partial charge is 0.225 e. The lowest BCUT2D eigenvalue weighted by molar-refractivity contribution is 0.586. The zero-order chi connectivity index (χ0) is 12.3. The Bertz CT molecular complexity index is 607. The van der Waals surface area contributed by atoms with E-state index in [-0.39, 0.29) is 0 Å².